The van der Waals surface area contributed by atoms with E-state index in [0.717, 1.165) is 34.5 Å². The zero-order valence-corrected chi connectivity index (χ0v) is 24.6. The average Bonchev–Trinajstić information content (AvgIpc) is 3.74. The Balaban J connectivity index is 1.09. The fourth-order valence-electron chi connectivity index (χ4n) is 5.50. The third-order valence-electron chi connectivity index (χ3n) is 7.91. The Labute approximate surface area is 255 Å². The molecule has 1 aliphatic carbocycles. The number of halogens is 2. The summed E-state index contributed by atoms with van der Waals surface area (Å²) in [5, 5.41) is 13.8. The van der Waals surface area contributed by atoms with Gasteiger partial charge in [-0.3, -0.25) is 14.4 Å². The van der Waals surface area contributed by atoms with E-state index in [0.29, 0.717) is 34.8 Å². The predicted octanol–water partition coefficient (Wildman–Crippen LogP) is 5.32. The van der Waals surface area contributed by atoms with Crippen LogP contribution in [0.25, 0.3) is 10.4 Å². The largest absolute Gasteiger partial charge is 0.349 e. The van der Waals surface area contributed by atoms with E-state index >= 15 is 0 Å². The van der Waals surface area contributed by atoms with E-state index in [4.69, 9.17) is 0 Å². The third kappa shape index (κ3) is 5.41. The Morgan fingerprint density at radius 3 is 2.45 bits per heavy atom. The number of nitrogens with one attached hydrogen (secondary N) is 2. The fraction of sp³-hybridized carbons (Fsp3) is 0.281. The summed E-state index contributed by atoms with van der Waals surface area (Å²) in [5.41, 5.74) is 4.23. The van der Waals surface area contributed by atoms with Gasteiger partial charge < -0.3 is 20.4 Å². The van der Waals surface area contributed by atoms with Crippen molar-refractivity contribution in [2.45, 2.75) is 38.2 Å². The van der Waals surface area contributed by atoms with Crippen LogP contribution in [0.4, 0.5) is 26.0 Å². The minimum absolute atomic E-state index is 0.0446. The number of fused-ring (bicyclic) bond motifs is 3. The monoisotopic (exact) mass is 614 g/mol. The number of nitrogens with zero attached hydrogens (tertiary/aromatic N) is 4. The number of hydrogen-bond acceptors (Lipinski definition) is 7. The zero-order chi connectivity index (χ0) is 30.6. The van der Waals surface area contributed by atoms with Crippen LogP contribution in [0.3, 0.4) is 0 Å². The normalized spacial score (nSPS) is 16.7. The number of anilines is 3. The van der Waals surface area contributed by atoms with E-state index < -0.39 is 24.9 Å². The number of thiophene rings is 1. The Kier molecular flexibility index (Phi) is 6.88. The van der Waals surface area contributed by atoms with E-state index in [9.17, 15) is 23.2 Å². The lowest BCUT2D eigenvalue weighted by atomic mass is 10.1. The number of benzene rings is 2. The lowest BCUT2D eigenvalue weighted by Crippen LogP contribution is -2.57. The summed E-state index contributed by atoms with van der Waals surface area (Å²) in [7, 11) is 0. The van der Waals surface area contributed by atoms with Crippen LogP contribution in [0.5, 0.6) is 0 Å². The van der Waals surface area contributed by atoms with Crippen LogP contribution < -0.4 is 20.4 Å². The molecule has 3 aliphatic rings. The lowest BCUT2D eigenvalue weighted by Gasteiger charge is -2.39. The smallest absolute Gasteiger partial charge is 0.282 e. The number of carbonyl (C=O) groups excluding carboxylic acids is 3. The first-order valence-corrected chi connectivity index (χ1v) is 15.2. The van der Waals surface area contributed by atoms with Crippen molar-refractivity contribution >= 4 is 46.3 Å². The van der Waals surface area contributed by atoms with Gasteiger partial charge in [-0.05, 0) is 74.2 Å². The molecule has 0 unspecified atom stereocenters. The molecule has 1 saturated heterocycles. The second-order valence-electron chi connectivity index (χ2n) is 11.4. The van der Waals surface area contributed by atoms with Gasteiger partial charge in [0.25, 0.3) is 23.6 Å². The molecule has 2 N–H and O–H groups in total. The van der Waals surface area contributed by atoms with E-state index in [-0.39, 0.29) is 29.2 Å². The molecule has 0 radical (unpaired) electrons. The number of hydrogen-bond donors (Lipinski definition) is 2. The molecule has 7 rings (SSSR count). The van der Waals surface area contributed by atoms with Crippen LogP contribution in [0.15, 0.2) is 60.7 Å². The SMILES string of the molecule is Cc1cc(C(=O)Nc2ccc(C(=O)N3CCc4cc(C(=O)NC5CC5)sc4-c4ccccc43)cc2)c(N2CC(F)(F)C2)nn1. The standard InChI is InChI=1S/C32H28F2N6O3S/c1-18-14-24(28(38-37-18)39-16-32(33,34)17-39)29(41)35-21-8-6-19(7-9-21)31(43)40-13-12-20-15-26(30(42)36-22-10-11-22)44-27(20)23-4-2-3-5-25(23)40/h2-9,14-15,22H,10-13,16-17H2,1H3,(H,35,41)(H,36,42). The van der Waals surface area contributed by atoms with Crippen molar-refractivity contribution in [3.63, 3.8) is 0 Å². The molecule has 0 atom stereocenters. The van der Waals surface area contributed by atoms with Crippen molar-refractivity contribution in [3.8, 4) is 10.4 Å². The first kappa shape index (κ1) is 28.1. The topological polar surface area (TPSA) is 108 Å². The van der Waals surface area contributed by atoms with E-state index in [1.807, 2.05) is 30.3 Å². The number of para-hydroxylation sites is 1. The molecular weight excluding hydrogens is 586 g/mol. The van der Waals surface area contributed by atoms with E-state index in [2.05, 4.69) is 20.8 Å². The van der Waals surface area contributed by atoms with Crippen molar-refractivity contribution < 1.29 is 23.2 Å². The fourth-order valence-corrected chi connectivity index (χ4v) is 6.65. The summed E-state index contributed by atoms with van der Waals surface area (Å²) in [4.78, 5) is 44.4. The molecule has 2 fully saturated rings. The van der Waals surface area contributed by atoms with Crippen molar-refractivity contribution in [2.24, 2.45) is 0 Å². The van der Waals surface area contributed by atoms with Crippen molar-refractivity contribution in [2.75, 3.05) is 34.8 Å². The highest BCUT2D eigenvalue weighted by Crippen LogP contribution is 2.42. The summed E-state index contributed by atoms with van der Waals surface area (Å²) >= 11 is 1.45. The third-order valence-corrected chi connectivity index (χ3v) is 9.12. The first-order chi connectivity index (χ1) is 21.1. The molecule has 9 nitrogen and oxygen atoms in total. The molecule has 4 aromatic rings. The van der Waals surface area contributed by atoms with Crippen molar-refractivity contribution in [3.05, 3.63) is 87.9 Å². The molecule has 3 amide bonds. The number of carbonyl (C=O) groups is 3. The number of aromatic nitrogens is 2. The number of amides is 3. The molecule has 1 saturated carbocycles. The Morgan fingerprint density at radius 1 is 0.977 bits per heavy atom. The number of alkyl halides is 2. The zero-order valence-electron chi connectivity index (χ0n) is 23.8. The van der Waals surface area contributed by atoms with Gasteiger partial charge in [0.2, 0.25) is 0 Å². The quantitative estimate of drug-likeness (QED) is 0.305. The predicted molar refractivity (Wildman–Crippen MR) is 164 cm³/mol. The van der Waals surface area contributed by atoms with Crippen LogP contribution in [0.2, 0.25) is 0 Å². The molecule has 12 heteroatoms. The van der Waals surface area contributed by atoms with Gasteiger partial charge in [0.05, 0.1) is 34.9 Å². The van der Waals surface area contributed by atoms with Crippen molar-refractivity contribution in [1.82, 2.24) is 15.5 Å². The van der Waals surface area contributed by atoms with Gasteiger partial charge in [-0.2, -0.15) is 5.10 Å². The maximum atomic E-state index is 13.8. The number of rotatable bonds is 6. The van der Waals surface area contributed by atoms with Gasteiger partial charge in [0.15, 0.2) is 5.82 Å². The Hall–Kier alpha value is -4.71. The molecule has 0 bridgehead atoms. The van der Waals surface area contributed by atoms with E-state index in [1.54, 1.807) is 36.1 Å². The first-order valence-electron chi connectivity index (χ1n) is 14.4. The van der Waals surface area contributed by atoms with Crippen molar-refractivity contribution in [1.29, 1.82) is 0 Å². The molecule has 2 aromatic heterocycles. The molecule has 224 valence electrons. The van der Waals surface area contributed by atoms with Gasteiger partial charge >= 0.3 is 0 Å². The summed E-state index contributed by atoms with van der Waals surface area (Å²) in [5.74, 6) is -3.46. The Bertz CT molecular complexity index is 1800. The summed E-state index contributed by atoms with van der Waals surface area (Å²) in [6, 6.07) is 18.0. The molecular formula is C32H28F2N6O3S. The average molecular weight is 615 g/mol. The highest BCUT2D eigenvalue weighted by atomic mass is 32.1. The molecule has 2 aliphatic heterocycles. The summed E-state index contributed by atoms with van der Waals surface area (Å²) in [6.07, 6.45) is 2.65. The van der Waals surface area contributed by atoms with E-state index in [1.165, 1.54) is 22.3 Å². The maximum Gasteiger partial charge on any atom is 0.282 e. The van der Waals surface area contributed by atoms with Crippen LogP contribution in [0, 0.1) is 6.92 Å². The van der Waals surface area contributed by atoms with Gasteiger partial charge in [-0.15, -0.1) is 16.4 Å². The van der Waals surface area contributed by atoms with Gasteiger partial charge in [0, 0.05) is 34.3 Å². The highest BCUT2D eigenvalue weighted by Gasteiger charge is 2.45. The molecule has 4 heterocycles. The van der Waals surface area contributed by atoms with Gasteiger partial charge in [-0.25, -0.2) is 8.78 Å². The number of aryl methyl sites for hydroxylation is 1. The van der Waals surface area contributed by atoms with Crippen LogP contribution in [-0.2, 0) is 6.42 Å². The molecule has 44 heavy (non-hydrogen) atoms. The van der Waals surface area contributed by atoms with Crippen LogP contribution in [0.1, 0.15) is 54.5 Å². The minimum atomic E-state index is -2.82. The maximum absolute atomic E-state index is 13.8. The summed E-state index contributed by atoms with van der Waals surface area (Å²) in [6.45, 7) is 1.07. The van der Waals surface area contributed by atoms with Crippen LogP contribution >= 0.6 is 11.3 Å². The van der Waals surface area contributed by atoms with Gasteiger partial charge in [0.1, 0.15) is 0 Å². The lowest BCUT2D eigenvalue weighted by molar-refractivity contribution is -0.0268. The van der Waals surface area contributed by atoms with Gasteiger partial charge in [-0.1, -0.05) is 18.2 Å². The highest BCUT2D eigenvalue weighted by molar-refractivity contribution is 7.17. The van der Waals surface area contributed by atoms with Crippen LogP contribution in [-0.4, -0.2) is 59.5 Å². The molecule has 2 aromatic carbocycles. The second kappa shape index (κ2) is 10.8. The second-order valence-corrected chi connectivity index (χ2v) is 12.5. The molecule has 0 spiro atoms. The minimum Gasteiger partial charge on any atom is -0.349 e. The summed E-state index contributed by atoms with van der Waals surface area (Å²) < 4.78 is 27.0. The Morgan fingerprint density at radius 2 is 1.73 bits per heavy atom.